The van der Waals surface area contributed by atoms with Gasteiger partial charge in [-0.1, -0.05) is 23.5 Å². The number of carboxylic acids is 1. The predicted octanol–water partition coefficient (Wildman–Crippen LogP) is 1.35. The highest BCUT2D eigenvalue weighted by atomic mass is 32.1. The van der Waals surface area contributed by atoms with Crippen molar-refractivity contribution in [1.29, 1.82) is 0 Å². The molecule has 0 spiro atoms. The summed E-state index contributed by atoms with van der Waals surface area (Å²) in [6.45, 7) is 0.885. The average Bonchev–Trinajstić information content (AvgIpc) is 3.41. The first-order valence-electron chi connectivity index (χ1n) is 10.6. The molecule has 0 atom stereocenters. The SMILES string of the molecule is CC(=O)O.COc1cc(-c2nc3sc(=Cc4ccc(OCC(N)=O)cc4)c(=O)n3n2)cc(OC)c1OC. The van der Waals surface area contributed by atoms with E-state index >= 15 is 0 Å². The highest BCUT2D eigenvalue weighted by Gasteiger charge is 2.18. The van der Waals surface area contributed by atoms with Crippen LogP contribution in [0.3, 0.4) is 0 Å². The second-order valence-electron chi connectivity index (χ2n) is 7.30. The molecule has 0 fully saturated rings. The number of aromatic nitrogens is 3. The Kier molecular flexibility index (Phi) is 8.64. The lowest BCUT2D eigenvalue weighted by atomic mass is 10.1. The molecule has 13 heteroatoms. The van der Waals surface area contributed by atoms with Crippen molar-refractivity contribution in [2.24, 2.45) is 5.73 Å². The number of carboxylic acid groups (broad SMARTS) is 1. The molecule has 1 amide bonds. The van der Waals surface area contributed by atoms with Crippen LogP contribution in [0.15, 0.2) is 41.2 Å². The molecule has 194 valence electrons. The van der Waals surface area contributed by atoms with Crippen LogP contribution >= 0.6 is 11.3 Å². The maximum absolute atomic E-state index is 12.9. The minimum Gasteiger partial charge on any atom is -0.493 e. The second-order valence-corrected chi connectivity index (χ2v) is 8.31. The third-order valence-corrected chi connectivity index (χ3v) is 5.62. The molecule has 0 bridgehead atoms. The summed E-state index contributed by atoms with van der Waals surface area (Å²) in [4.78, 5) is 37.6. The first kappa shape index (κ1) is 26.9. The van der Waals surface area contributed by atoms with E-state index in [1.807, 2.05) is 0 Å². The van der Waals surface area contributed by atoms with Crippen LogP contribution in [0.1, 0.15) is 12.5 Å². The molecule has 2 aromatic heterocycles. The van der Waals surface area contributed by atoms with E-state index in [2.05, 4.69) is 10.1 Å². The fourth-order valence-corrected chi connectivity index (χ4v) is 4.04. The van der Waals surface area contributed by atoms with E-state index in [0.29, 0.717) is 43.9 Å². The number of ether oxygens (including phenoxy) is 4. The van der Waals surface area contributed by atoms with Crippen molar-refractivity contribution in [3.05, 3.63) is 56.8 Å². The number of fused-ring (bicyclic) bond motifs is 1. The quantitative estimate of drug-likeness (QED) is 0.341. The lowest BCUT2D eigenvalue weighted by Crippen LogP contribution is -2.23. The third kappa shape index (κ3) is 6.52. The number of carbonyl (C=O) groups excluding carboxylic acids is 1. The van der Waals surface area contributed by atoms with Crippen molar-refractivity contribution in [2.45, 2.75) is 6.92 Å². The monoisotopic (exact) mass is 528 g/mol. The molecule has 3 N–H and O–H groups in total. The summed E-state index contributed by atoms with van der Waals surface area (Å²) in [7, 11) is 4.57. The Morgan fingerprint density at radius 3 is 2.16 bits per heavy atom. The maximum atomic E-state index is 12.9. The minimum atomic E-state index is -0.833. The van der Waals surface area contributed by atoms with Crippen molar-refractivity contribution in [2.75, 3.05) is 27.9 Å². The Bertz CT molecular complexity index is 1500. The highest BCUT2D eigenvalue weighted by Crippen LogP contribution is 2.40. The second kappa shape index (κ2) is 11.9. The predicted molar refractivity (Wildman–Crippen MR) is 135 cm³/mol. The number of nitrogens with zero attached hydrogens (tertiary/aromatic N) is 3. The van der Waals surface area contributed by atoms with Crippen LogP contribution in [0.25, 0.3) is 22.4 Å². The Morgan fingerprint density at radius 1 is 1.08 bits per heavy atom. The van der Waals surface area contributed by atoms with Crippen LogP contribution < -0.4 is 34.8 Å². The summed E-state index contributed by atoms with van der Waals surface area (Å²) < 4.78 is 23.1. The number of benzene rings is 2. The molecule has 2 aromatic carbocycles. The van der Waals surface area contributed by atoms with Gasteiger partial charge in [-0.25, -0.2) is 0 Å². The number of rotatable bonds is 8. The Hall–Kier alpha value is -4.65. The van der Waals surface area contributed by atoms with Gasteiger partial charge in [0.2, 0.25) is 10.7 Å². The van der Waals surface area contributed by atoms with Gasteiger partial charge in [-0.2, -0.15) is 9.50 Å². The molecule has 0 saturated heterocycles. The van der Waals surface area contributed by atoms with Crippen LogP contribution in [0.2, 0.25) is 0 Å². The number of aliphatic carboxylic acids is 1. The maximum Gasteiger partial charge on any atom is 0.300 e. The molecule has 37 heavy (non-hydrogen) atoms. The Morgan fingerprint density at radius 2 is 1.68 bits per heavy atom. The number of thiazole rings is 1. The molecule has 0 aliphatic heterocycles. The van der Waals surface area contributed by atoms with Gasteiger partial charge in [0, 0.05) is 12.5 Å². The summed E-state index contributed by atoms with van der Waals surface area (Å²) in [6, 6.07) is 10.4. The molecule has 0 aliphatic rings. The van der Waals surface area contributed by atoms with E-state index in [1.54, 1.807) is 42.5 Å². The van der Waals surface area contributed by atoms with Gasteiger partial charge in [0.05, 0.1) is 25.9 Å². The molecule has 0 radical (unpaired) electrons. The number of methoxy groups -OCH3 is 3. The minimum absolute atomic E-state index is 0.199. The zero-order valence-corrected chi connectivity index (χ0v) is 21.2. The lowest BCUT2D eigenvalue weighted by Gasteiger charge is -2.12. The van der Waals surface area contributed by atoms with Crippen LogP contribution in [-0.4, -0.2) is 59.5 Å². The summed E-state index contributed by atoms with van der Waals surface area (Å²) in [5, 5.41) is 11.8. The number of carbonyl (C=O) groups is 2. The van der Waals surface area contributed by atoms with Gasteiger partial charge in [0.15, 0.2) is 23.9 Å². The van der Waals surface area contributed by atoms with Gasteiger partial charge in [-0.3, -0.25) is 14.4 Å². The smallest absolute Gasteiger partial charge is 0.300 e. The highest BCUT2D eigenvalue weighted by molar-refractivity contribution is 7.15. The zero-order valence-electron chi connectivity index (χ0n) is 20.4. The molecule has 0 saturated carbocycles. The summed E-state index contributed by atoms with van der Waals surface area (Å²) in [6.07, 6.45) is 1.74. The van der Waals surface area contributed by atoms with Crippen molar-refractivity contribution in [3.63, 3.8) is 0 Å². The number of hydrogen-bond donors (Lipinski definition) is 2. The van der Waals surface area contributed by atoms with Gasteiger partial charge >= 0.3 is 0 Å². The van der Waals surface area contributed by atoms with Gasteiger partial charge in [0.1, 0.15) is 5.75 Å². The normalized spacial score (nSPS) is 11.0. The number of primary amides is 1. The van der Waals surface area contributed by atoms with Gasteiger partial charge in [-0.15, -0.1) is 5.10 Å². The van der Waals surface area contributed by atoms with Crippen molar-refractivity contribution >= 4 is 34.3 Å². The Balaban J connectivity index is 0.000000886. The van der Waals surface area contributed by atoms with Crippen LogP contribution in [0.4, 0.5) is 0 Å². The molecule has 12 nitrogen and oxygen atoms in total. The molecule has 0 aliphatic carbocycles. The summed E-state index contributed by atoms with van der Waals surface area (Å²) in [5.74, 6) is 0.861. The number of hydrogen-bond acceptors (Lipinski definition) is 10. The van der Waals surface area contributed by atoms with Crippen LogP contribution in [0, 0.1) is 0 Å². The average molecular weight is 529 g/mol. The number of amides is 1. The standard InChI is InChI=1S/C22H20N4O6S.C2H4O2/c1-29-15-9-13(10-16(30-2)19(15)31-3)20-24-22-26(25-20)21(28)17(33-22)8-12-4-6-14(7-5-12)32-11-18(23)27;1-2(3)4/h4-10H,11H2,1-3H3,(H2,23,27);1H3,(H,3,4). The Labute approximate surface area is 214 Å². The molecular formula is C24H24N4O8S. The fraction of sp³-hybridized carbons (Fsp3) is 0.208. The van der Waals surface area contributed by atoms with E-state index in [1.165, 1.54) is 37.2 Å². The summed E-state index contributed by atoms with van der Waals surface area (Å²) in [5.41, 5.74) is 6.19. The molecule has 4 rings (SSSR count). The third-order valence-electron chi connectivity index (χ3n) is 4.66. The van der Waals surface area contributed by atoms with E-state index < -0.39 is 11.9 Å². The van der Waals surface area contributed by atoms with Crippen molar-refractivity contribution in [1.82, 2.24) is 14.6 Å². The topological polar surface area (TPSA) is 165 Å². The molecule has 2 heterocycles. The van der Waals surface area contributed by atoms with E-state index in [-0.39, 0.29) is 12.2 Å². The fourth-order valence-electron chi connectivity index (χ4n) is 3.13. The first-order valence-corrected chi connectivity index (χ1v) is 11.4. The summed E-state index contributed by atoms with van der Waals surface area (Å²) >= 11 is 1.22. The van der Waals surface area contributed by atoms with Crippen molar-refractivity contribution < 1.29 is 33.6 Å². The zero-order chi connectivity index (χ0) is 27.1. The molecule has 0 unspecified atom stereocenters. The number of nitrogens with two attached hydrogens (primary N) is 1. The van der Waals surface area contributed by atoms with Gasteiger partial charge in [-0.05, 0) is 35.9 Å². The largest absolute Gasteiger partial charge is 0.493 e. The van der Waals surface area contributed by atoms with E-state index in [0.717, 1.165) is 12.5 Å². The lowest BCUT2D eigenvalue weighted by molar-refractivity contribution is -0.134. The van der Waals surface area contributed by atoms with E-state index in [9.17, 15) is 9.59 Å². The van der Waals surface area contributed by atoms with E-state index in [4.69, 9.17) is 34.6 Å². The first-order chi connectivity index (χ1) is 17.7. The van der Waals surface area contributed by atoms with Gasteiger partial charge < -0.3 is 29.8 Å². The molecular weight excluding hydrogens is 504 g/mol. The molecule has 4 aromatic rings. The van der Waals surface area contributed by atoms with Crippen LogP contribution in [-0.2, 0) is 9.59 Å². The van der Waals surface area contributed by atoms with Crippen molar-refractivity contribution in [3.8, 4) is 34.4 Å². The van der Waals surface area contributed by atoms with Crippen LogP contribution in [0.5, 0.6) is 23.0 Å². The van der Waals surface area contributed by atoms with Gasteiger partial charge in [0.25, 0.3) is 17.4 Å².